The molecular weight excluding hydrogens is 691 g/mol. The quantitative estimate of drug-likeness (QED) is 0.166. The molecule has 0 aliphatic heterocycles. The van der Waals surface area contributed by atoms with Gasteiger partial charge in [-0.2, -0.15) is 0 Å². The number of para-hydroxylation sites is 5. The molecule has 1 aliphatic carbocycles. The smallest absolute Gasteiger partial charge is 0.0782 e. The van der Waals surface area contributed by atoms with Gasteiger partial charge in [0.05, 0.1) is 39.5 Å². The molecule has 8 aromatic carbocycles. The van der Waals surface area contributed by atoms with E-state index in [0.717, 1.165) is 23.5 Å². The van der Waals surface area contributed by atoms with Crippen molar-refractivity contribution in [2.24, 2.45) is 0 Å². The second-order valence-electron chi connectivity index (χ2n) is 15.2. The normalized spacial score (nSPS) is 14.3. The van der Waals surface area contributed by atoms with Gasteiger partial charge in [-0.05, 0) is 71.1 Å². The van der Waals surface area contributed by atoms with Gasteiger partial charge in [-0.15, -0.1) is 0 Å². The van der Waals surface area contributed by atoms with Crippen LogP contribution in [0.25, 0.3) is 82.2 Å². The van der Waals surface area contributed by atoms with Gasteiger partial charge in [-0.25, -0.2) is 0 Å². The highest BCUT2D eigenvalue weighted by molar-refractivity contribution is 6.25. The molecule has 11 aromatic rings. The van der Waals surface area contributed by atoms with Gasteiger partial charge in [0.25, 0.3) is 0 Å². The first kappa shape index (κ1) is 31.9. The number of nitrogens with zero attached hydrogens (tertiary/aromatic N) is 3. The molecule has 12 rings (SSSR count). The van der Waals surface area contributed by atoms with Gasteiger partial charge in [-0.1, -0.05) is 164 Å². The summed E-state index contributed by atoms with van der Waals surface area (Å²) in [6.07, 6.45) is 9.96. The van der Waals surface area contributed by atoms with Crippen LogP contribution in [0.1, 0.15) is 12.5 Å². The maximum Gasteiger partial charge on any atom is 0.0782 e. The summed E-state index contributed by atoms with van der Waals surface area (Å²) >= 11 is 0. The van der Waals surface area contributed by atoms with E-state index in [0.29, 0.717) is 0 Å². The minimum Gasteiger partial charge on any atom is -0.331 e. The molecule has 0 fully saturated rings. The van der Waals surface area contributed by atoms with Crippen molar-refractivity contribution in [1.29, 1.82) is 0 Å². The Labute approximate surface area is 330 Å². The van der Waals surface area contributed by atoms with E-state index in [1.54, 1.807) is 0 Å². The van der Waals surface area contributed by atoms with Crippen molar-refractivity contribution in [1.82, 2.24) is 8.97 Å². The molecule has 0 N–H and O–H groups in total. The lowest BCUT2D eigenvalue weighted by molar-refractivity contribution is 0.648. The van der Waals surface area contributed by atoms with E-state index in [4.69, 9.17) is 0 Å². The molecule has 3 heterocycles. The van der Waals surface area contributed by atoms with Crippen LogP contribution in [0, 0.1) is 0 Å². The highest BCUT2D eigenvalue weighted by Crippen LogP contribution is 2.50. The van der Waals surface area contributed by atoms with E-state index in [1.807, 2.05) is 0 Å². The molecule has 1 atom stereocenters. The predicted octanol–water partition coefficient (Wildman–Crippen LogP) is 14.8. The summed E-state index contributed by atoms with van der Waals surface area (Å²) in [5.74, 6) is 0. The number of allylic oxidation sites excluding steroid dienone is 4. The number of aromatic nitrogens is 2. The zero-order valence-corrected chi connectivity index (χ0v) is 31.3. The van der Waals surface area contributed by atoms with Gasteiger partial charge < -0.3 is 13.9 Å². The van der Waals surface area contributed by atoms with Gasteiger partial charge in [0.1, 0.15) is 0 Å². The fourth-order valence-corrected chi connectivity index (χ4v) is 9.69. The molecule has 3 heteroatoms. The largest absolute Gasteiger partial charge is 0.331 e. The SMILES string of the molecule is C1=CCC(n2c3ccccc3c3cccc(N(c4cc(-c5ccccc5)cc(-c5ccccc5)c4)c4cccc5c6cccc7c8ccccc8n(c45)c76)c32)C=C1. The maximum absolute atomic E-state index is 2.59. The Morgan fingerprint density at radius 1 is 0.404 bits per heavy atom. The molecule has 0 radical (unpaired) electrons. The van der Waals surface area contributed by atoms with Crippen LogP contribution >= 0.6 is 0 Å². The van der Waals surface area contributed by atoms with Crippen LogP contribution < -0.4 is 4.90 Å². The van der Waals surface area contributed by atoms with E-state index < -0.39 is 0 Å². The van der Waals surface area contributed by atoms with Crippen LogP contribution in [0.4, 0.5) is 17.1 Å². The number of fused-ring (bicyclic) bond motifs is 9. The first-order chi connectivity index (χ1) is 28.3. The molecule has 57 heavy (non-hydrogen) atoms. The Morgan fingerprint density at radius 2 is 0.912 bits per heavy atom. The summed E-state index contributed by atoms with van der Waals surface area (Å²) < 4.78 is 5.12. The third-order valence-electron chi connectivity index (χ3n) is 12.1. The standard InChI is InChI=1S/C54H37N3/c1-4-17-36(18-5-1)38-33-39(37-19-6-2-7-20-37)35-41(34-38)55(50-31-15-27-45-43-24-10-12-29-48(43)56(53(45)50)40-21-8-3-9-22-40)51-32-16-28-47-46-26-14-25-44-42-23-11-13-30-49(42)57(52(44)46)54(47)51/h1-21,23-35,40H,22H2. The lowest BCUT2D eigenvalue weighted by atomic mass is 9.97. The Morgan fingerprint density at radius 3 is 1.56 bits per heavy atom. The summed E-state index contributed by atoms with van der Waals surface area (Å²) in [6.45, 7) is 0. The monoisotopic (exact) mass is 727 g/mol. The number of hydrogen-bond acceptors (Lipinski definition) is 1. The van der Waals surface area contributed by atoms with E-state index in [9.17, 15) is 0 Å². The molecule has 0 bridgehead atoms. The summed E-state index contributed by atoms with van der Waals surface area (Å²) in [7, 11) is 0. The third-order valence-corrected chi connectivity index (χ3v) is 12.1. The highest BCUT2D eigenvalue weighted by Gasteiger charge is 2.27. The van der Waals surface area contributed by atoms with Crippen LogP contribution in [0.2, 0.25) is 0 Å². The Bertz CT molecular complexity index is 3320. The lowest BCUT2D eigenvalue weighted by Crippen LogP contribution is -2.14. The van der Waals surface area contributed by atoms with Crippen molar-refractivity contribution in [3.63, 3.8) is 0 Å². The number of rotatable bonds is 6. The Hall–Kier alpha value is -7.36. The van der Waals surface area contributed by atoms with Crippen molar-refractivity contribution < 1.29 is 0 Å². The summed E-state index contributed by atoms with van der Waals surface area (Å²) in [5.41, 5.74) is 14.3. The van der Waals surface area contributed by atoms with Crippen LogP contribution in [0.3, 0.4) is 0 Å². The molecule has 3 aromatic heterocycles. The van der Waals surface area contributed by atoms with Gasteiger partial charge in [0, 0.05) is 43.5 Å². The molecule has 3 nitrogen and oxygen atoms in total. The van der Waals surface area contributed by atoms with E-state index in [1.165, 1.54) is 82.2 Å². The fourth-order valence-electron chi connectivity index (χ4n) is 9.69. The summed E-state index contributed by atoms with van der Waals surface area (Å²) in [6, 6.07) is 67.3. The van der Waals surface area contributed by atoms with E-state index in [-0.39, 0.29) is 6.04 Å². The Kier molecular flexibility index (Phi) is 7.05. The molecule has 0 saturated heterocycles. The van der Waals surface area contributed by atoms with E-state index in [2.05, 4.69) is 220 Å². The topological polar surface area (TPSA) is 12.6 Å². The second-order valence-corrected chi connectivity index (χ2v) is 15.2. The molecular formula is C54H37N3. The first-order valence-electron chi connectivity index (χ1n) is 19.9. The first-order valence-corrected chi connectivity index (χ1v) is 19.9. The summed E-state index contributed by atoms with van der Waals surface area (Å²) in [4.78, 5) is 2.56. The zero-order valence-electron chi connectivity index (χ0n) is 31.3. The minimum atomic E-state index is 0.176. The van der Waals surface area contributed by atoms with Crippen LogP contribution in [-0.2, 0) is 0 Å². The summed E-state index contributed by atoms with van der Waals surface area (Å²) in [5, 5.41) is 7.61. The molecule has 0 saturated carbocycles. The highest BCUT2D eigenvalue weighted by atomic mass is 15.2. The van der Waals surface area contributed by atoms with Crippen molar-refractivity contribution in [3.05, 3.63) is 206 Å². The van der Waals surface area contributed by atoms with Gasteiger partial charge in [-0.3, -0.25) is 0 Å². The number of anilines is 3. The zero-order chi connectivity index (χ0) is 37.5. The average molecular weight is 728 g/mol. The van der Waals surface area contributed by atoms with Gasteiger partial charge in [0.15, 0.2) is 0 Å². The van der Waals surface area contributed by atoms with Crippen molar-refractivity contribution in [2.75, 3.05) is 4.90 Å². The van der Waals surface area contributed by atoms with Crippen molar-refractivity contribution in [3.8, 4) is 22.3 Å². The molecule has 0 spiro atoms. The average Bonchev–Trinajstić information content (AvgIpc) is 3.93. The second kappa shape index (κ2) is 12.6. The van der Waals surface area contributed by atoms with Crippen molar-refractivity contribution in [2.45, 2.75) is 12.5 Å². The van der Waals surface area contributed by atoms with Gasteiger partial charge in [0.2, 0.25) is 0 Å². The number of benzene rings is 8. The maximum atomic E-state index is 2.59. The molecule has 1 unspecified atom stereocenters. The number of hydrogen-bond donors (Lipinski definition) is 0. The van der Waals surface area contributed by atoms with Crippen molar-refractivity contribution >= 4 is 77.0 Å². The lowest BCUT2D eigenvalue weighted by Gasteiger charge is -2.30. The third kappa shape index (κ3) is 4.79. The molecule has 268 valence electrons. The minimum absolute atomic E-state index is 0.176. The Balaban J connectivity index is 1.26. The molecule has 0 amide bonds. The predicted molar refractivity (Wildman–Crippen MR) is 242 cm³/mol. The van der Waals surface area contributed by atoms with Crippen LogP contribution in [0.15, 0.2) is 206 Å². The van der Waals surface area contributed by atoms with Crippen LogP contribution in [0.5, 0.6) is 0 Å². The molecule has 1 aliphatic rings. The fraction of sp³-hybridized carbons (Fsp3) is 0.0370. The van der Waals surface area contributed by atoms with E-state index >= 15 is 0 Å². The van der Waals surface area contributed by atoms with Gasteiger partial charge >= 0.3 is 0 Å². The van der Waals surface area contributed by atoms with Crippen LogP contribution in [-0.4, -0.2) is 8.97 Å².